The van der Waals surface area contributed by atoms with Crippen LogP contribution in [0.5, 0.6) is 0 Å². The van der Waals surface area contributed by atoms with E-state index in [9.17, 15) is 31.1 Å². The van der Waals surface area contributed by atoms with Crippen LogP contribution in [-0.4, -0.2) is 16.9 Å². The number of amides is 1. The van der Waals surface area contributed by atoms with Crippen LogP contribution in [0.2, 0.25) is 0 Å². The maximum Gasteiger partial charge on any atom is 0.416 e. The molecule has 3 rings (SSSR count). The number of carbonyl (C=O) groups is 1. The quantitative estimate of drug-likeness (QED) is 0.175. The number of nitrogens with one attached hydrogen (secondary N) is 1. The molecule has 38 heavy (non-hydrogen) atoms. The van der Waals surface area contributed by atoms with Gasteiger partial charge >= 0.3 is 12.4 Å². The Hall–Kier alpha value is -3.88. The molecule has 0 bridgehead atoms. The highest BCUT2D eigenvalue weighted by Crippen LogP contribution is 2.33. The van der Waals surface area contributed by atoms with E-state index in [1.54, 1.807) is 12.4 Å². The number of nitrogens with zero attached hydrogens (tertiary/aromatic N) is 1. The molecule has 0 aliphatic rings. The highest BCUT2D eigenvalue weighted by atomic mass is 19.4. The van der Waals surface area contributed by atoms with Gasteiger partial charge in [-0.3, -0.25) is 9.78 Å². The van der Waals surface area contributed by atoms with Crippen LogP contribution in [0.25, 0.3) is 5.57 Å². The Morgan fingerprint density at radius 3 is 1.92 bits per heavy atom. The van der Waals surface area contributed by atoms with Crippen molar-refractivity contribution in [1.29, 1.82) is 0 Å². The van der Waals surface area contributed by atoms with Gasteiger partial charge in [0.2, 0.25) is 5.91 Å². The molecule has 0 aliphatic heterocycles. The summed E-state index contributed by atoms with van der Waals surface area (Å²) >= 11 is 0. The first-order valence-corrected chi connectivity index (χ1v) is 11.9. The molecular weight excluding hydrogens is 506 g/mol. The second kappa shape index (κ2) is 12.6. The van der Waals surface area contributed by atoms with E-state index in [2.05, 4.69) is 10.3 Å². The summed E-state index contributed by atoms with van der Waals surface area (Å²) < 4.78 is 77.9. The third kappa shape index (κ3) is 8.61. The Kier molecular flexibility index (Phi) is 9.50. The van der Waals surface area contributed by atoms with Gasteiger partial charge in [0.05, 0.1) is 11.1 Å². The Balaban J connectivity index is 1.72. The van der Waals surface area contributed by atoms with Crippen LogP contribution in [-0.2, 0) is 23.6 Å². The zero-order chi connectivity index (χ0) is 27.8. The summed E-state index contributed by atoms with van der Waals surface area (Å²) in [5.41, 5.74) is 0.482. The fourth-order valence-electron chi connectivity index (χ4n) is 3.79. The summed E-state index contributed by atoms with van der Waals surface area (Å²) in [6, 6.07) is 12.3. The molecule has 0 spiro atoms. The SMILES string of the molecule is C[C@H](CCCc1cccnc1)NC(=O)C=CC=C(c1ccc(C(F)(F)F)cc1)c1ccc(C(F)(F)F)cc1. The predicted molar refractivity (Wildman–Crippen MR) is 134 cm³/mol. The van der Waals surface area contributed by atoms with Crippen molar-refractivity contribution < 1.29 is 31.1 Å². The molecule has 2 aromatic carbocycles. The number of pyridine rings is 1. The van der Waals surface area contributed by atoms with E-state index in [0.29, 0.717) is 16.7 Å². The maximum absolute atomic E-state index is 13.0. The van der Waals surface area contributed by atoms with Crippen LogP contribution >= 0.6 is 0 Å². The third-order valence-corrected chi connectivity index (χ3v) is 5.77. The minimum atomic E-state index is -4.52. The smallest absolute Gasteiger partial charge is 0.350 e. The summed E-state index contributed by atoms with van der Waals surface area (Å²) in [6.07, 6.45) is 1.04. The molecule has 0 unspecified atom stereocenters. The highest BCUT2D eigenvalue weighted by Gasteiger charge is 2.31. The second-order valence-corrected chi connectivity index (χ2v) is 8.75. The van der Waals surface area contributed by atoms with Crippen molar-refractivity contribution in [3.8, 4) is 0 Å². The summed E-state index contributed by atoms with van der Waals surface area (Å²) in [4.78, 5) is 16.4. The number of benzene rings is 2. The molecule has 1 N–H and O–H groups in total. The normalized spacial score (nSPS) is 12.8. The summed E-state index contributed by atoms with van der Waals surface area (Å²) in [7, 11) is 0. The summed E-state index contributed by atoms with van der Waals surface area (Å²) in [5.74, 6) is -0.366. The van der Waals surface area contributed by atoms with Gasteiger partial charge in [-0.2, -0.15) is 26.3 Å². The standard InChI is InChI=1S/C29H26F6N2O/c1-20(5-2-6-21-7-4-18-36-19-21)37-27(38)9-3-8-26(22-10-14-24(15-11-22)28(30,31)32)23-12-16-25(17-13-23)29(33,34)35/h3-4,7-20H,2,5-6H2,1H3,(H,37,38)/t20-/m1/s1. The molecule has 9 heteroatoms. The van der Waals surface area contributed by atoms with Gasteiger partial charge in [0.25, 0.3) is 0 Å². The van der Waals surface area contributed by atoms with Crippen LogP contribution in [0.15, 0.2) is 91.3 Å². The molecule has 0 saturated heterocycles. The van der Waals surface area contributed by atoms with Crippen molar-refractivity contribution in [2.24, 2.45) is 0 Å². The molecule has 0 radical (unpaired) electrons. The zero-order valence-electron chi connectivity index (χ0n) is 20.5. The molecule has 1 aromatic heterocycles. The number of rotatable bonds is 9. The fraction of sp³-hybridized carbons (Fsp3) is 0.241. The number of hydrogen-bond donors (Lipinski definition) is 1. The Labute approximate surface area is 216 Å². The lowest BCUT2D eigenvalue weighted by Crippen LogP contribution is -2.31. The molecule has 200 valence electrons. The van der Waals surface area contributed by atoms with E-state index in [4.69, 9.17) is 0 Å². The van der Waals surface area contributed by atoms with E-state index in [-0.39, 0.29) is 11.9 Å². The first kappa shape index (κ1) is 28.7. The highest BCUT2D eigenvalue weighted by molar-refractivity contribution is 5.89. The molecule has 1 amide bonds. The number of hydrogen-bond acceptors (Lipinski definition) is 2. The monoisotopic (exact) mass is 532 g/mol. The molecule has 0 aliphatic carbocycles. The van der Waals surface area contributed by atoms with E-state index in [1.165, 1.54) is 42.5 Å². The molecule has 0 fully saturated rings. The van der Waals surface area contributed by atoms with Gasteiger partial charge < -0.3 is 5.32 Å². The number of carbonyl (C=O) groups excluding carboxylic acids is 1. The van der Waals surface area contributed by atoms with Crippen LogP contribution in [0, 0.1) is 0 Å². The van der Waals surface area contributed by atoms with Crippen molar-refractivity contribution in [3.05, 3.63) is 119 Å². The first-order chi connectivity index (χ1) is 17.9. The lowest BCUT2D eigenvalue weighted by atomic mass is 9.95. The Morgan fingerprint density at radius 1 is 0.895 bits per heavy atom. The zero-order valence-corrected chi connectivity index (χ0v) is 20.5. The van der Waals surface area contributed by atoms with Crippen molar-refractivity contribution in [2.45, 2.75) is 44.6 Å². The van der Waals surface area contributed by atoms with E-state index in [0.717, 1.165) is 49.1 Å². The van der Waals surface area contributed by atoms with Crippen LogP contribution < -0.4 is 5.32 Å². The van der Waals surface area contributed by atoms with E-state index in [1.807, 2.05) is 19.1 Å². The maximum atomic E-state index is 13.0. The van der Waals surface area contributed by atoms with E-state index < -0.39 is 23.5 Å². The molecule has 1 atom stereocenters. The Morgan fingerprint density at radius 2 is 1.45 bits per heavy atom. The van der Waals surface area contributed by atoms with Crippen LogP contribution in [0.4, 0.5) is 26.3 Å². The van der Waals surface area contributed by atoms with Gasteiger partial charge in [-0.25, -0.2) is 0 Å². The molecular formula is C29H26F6N2O. The number of aryl methyl sites for hydroxylation is 1. The number of alkyl halides is 6. The number of allylic oxidation sites excluding steroid dienone is 2. The van der Waals surface area contributed by atoms with Gasteiger partial charge in [-0.15, -0.1) is 0 Å². The van der Waals surface area contributed by atoms with Crippen molar-refractivity contribution in [3.63, 3.8) is 0 Å². The summed E-state index contributed by atoms with van der Waals surface area (Å²) in [5, 5.41) is 2.85. The van der Waals surface area contributed by atoms with Gasteiger partial charge in [-0.1, -0.05) is 42.5 Å². The lowest BCUT2D eigenvalue weighted by molar-refractivity contribution is -0.138. The van der Waals surface area contributed by atoms with Gasteiger partial charge in [-0.05, 0) is 78.8 Å². The molecule has 1 heterocycles. The first-order valence-electron chi connectivity index (χ1n) is 11.9. The van der Waals surface area contributed by atoms with Crippen molar-refractivity contribution in [2.75, 3.05) is 0 Å². The average molecular weight is 533 g/mol. The van der Waals surface area contributed by atoms with Crippen molar-refractivity contribution in [1.82, 2.24) is 10.3 Å². The predicted octanol–water partition coefficient (Wildman–Crippen LogP) is 7.63. The Bertz CT molecular complexity index is 1190. The topological polar surface area (TPSA) is 42.0 Å². The number of aromatic nitrogens is 1. The number of halogens is 6. The van der Waals surface area contributed by atoms with Crippen molar-refractivity contribution >= 4 is 11.5 Å². The minimum absolute atomic E-state index is 0.0999. The van der Waals surface area contributed by atoms with Gasteiger partial charge in [0.15, 0.2) is 0 Å². The van der Waals surface area contributed by atoms with Crippen LogP contribution in [0.1, 0.15) is 47.6 Å². The molecule has 3 aromatic rings. The fourth-order valence-corrected chi connectivity index (χ4v) is 3.79. The van der Waals surface area contributed by atoms with Gasteiger partial charge in [0, 0.05) is 24.5 Å². The van der Waals surface area contributed by atoms with E-state index >= 15 is 0 Å². The lowest BCUT2D eigenvalue weighted by Gasteiger charge is -2.13. The minimum Gasteiger partial charge on any atom is -0.350 e. The van der Waals surface area contributed by atoms with Crippen LogP contribution in [0.3, 0.4) is 0 Å². The summed E-state index contributed by atoms with van der Waals surface area (Å²) in [6.45, 7) is 1.88. The largest absolute Gasteiger partial charge is 0.416 e. The second-order valence-electron chi connectivity index (χ2n) is 8.75. The third-order valence-electron chi connectivity index (χ3n) is 5.77. The molecule has 0 saturated carbocycles. The average Bonchev–Trinajstić information content (AvgIpc) is 2.86. The van der Waals surface area contributed by atoms with Gasteiger partial charge in [0.1, 0.15) is 0 Å². The molecule has 3 nitrogen and oxygen atoms in total.